The third-order valence-corrected chi connectivity index (χ3v) is 4.18. The molecule has 1 aliphatic rings. The van der Waals surface area contributed by atoms with E-state index in [1.165, 1.54) is 13.2 Å². The van der Waals surface area contributed by atoms with E-state index < -0.39 is 5.91 Å². The Hall–Kier alpha value is -1.95. The van der Waals surface area contributed by atoms with Gasteiger partial charge in [0.2, 0.25) is 0 Å². The standard InChI is InChI=1S/C16H21ClN2O4/c1-10-5-3-4-6-19(10)16(21)11-7-12(17)15(13(8-11)22-2)23-9-14(18)20/h7-8,10H,3-6,9H2,1-2H3,(H2,18,20). The number of piperidine rings is 1. The van der Waals surface area contributed by atoms with Crippen LogP contribution in [0, 0.1) is 0 Å². The van der Waals surface area contributed by atoms with Gasteiger partial charge in [-0.1, -0.05) is 11.6 Å². The zero-order chi connectivity index (χ0) is 17.0. The Balaban J connectivity index is 2.27. The van der Waals surface area contributed by atoms with Gasteiger partial charge in [-0.3, -0.25) is 9.59 Å². The van der Waals surface area contributed by atoms with E-state index in [1.54, 1.807) is 6.07 Å². The lowest BCUT2D eigenvalue weighted by Crippen LogP contribution is -2.42. The molecule has 1 aromatic carbocycles. The molecule has 2 rings (SSSR count). The van der Waals surface area contributed by atoms with Gasteiger partial charge in [0, 0.05) is 18.2 Å². The minimum atomic E-state index is -0.620. The molecule has 1 heterocycles. The second kappa shape index (κ2) is 7.55. The Labute approximate surface area is 140 Å². The number of hydrogen-bond donors (Lipinski definition) is 1. The number of ether oxygens (including phenoxy) is 2. The maximum Gasteiger partial charge on any atom is 0.255 e. The molecule has 0 radical (unpaired) electrons. The van der Waals surface area contributed by atoms with Crippen LogP contribution in [0.3, 0.4) is 0 Å². The van der Waals surface area contributed by atoms with Crippen LogP contribution in [0.4, 0.5) is 0 Å². The van der Waals surface area contributed by atoms with Crippen molar-refractivity contribution in [3.05, 3.63) is 22.7 Å². The minimum absolute atomic E-state index is 0.0844. The molecule has 6 nitrogen and oxygen atoms in total. The molecule has 1 unspecified atom stereocenters. The van der Waals surface area contributed by atoms with Crippen molar-refractivity contribution in [1.82, 2.24) is 4.90 Å². The van der Waals surface area contributed by atoms with Crippen LogP contribution in [0.25, 0.3) is 0 Å². The van der Waals surface area contributed by atoms with Crippen LogP contribution in [-0.4, -0.2) is 43.0 Å². The van der Waals surface area contributed by atoms with Crippen LogP contribution in [0.2, 0.25) is 5.02 Å². The summed E-state index contributed by atoms with van der Waals surface area (Å²) in [5.74, 6) is -0.202. The molecule has 1 aliphatic heterocycles. The lowest BCUT2D eigenvalue weighted by atomic mass is 10.0. The maximum atomic E-state index is 12.7. The quantitative estimate of drug-likeness (QED) is 0.891. The van der Waals surface area contributed by atoms with Crippen LogP contribution in [0.15, 0.2) is 12.1 Å². The van der Waals surface area contributed by atoms with Crippen molar-refractivity contribution in [1.29, 1.82) is 0 Å². The van der Waals surface area contributed by atoms with E-state index in [9.17, 15) is 9.59 Å². The average molecular weight is 341 g/mol. The van der Waals surface area contributed by atoms with Gasteiger partial charge in [-0.25, -0.2) is 0 Å². The predicted molar refractivity (Wildman–Crippen MR) is 87.0 cm³/mol. The van der Waals surface area contributed by atoms with Crippen molar-refractivity contribution >= 4 is 23.4 Å². The third-order valence-electron chi connectivity index (χ3n) is 3.90. The van der Waals surface area contributed by atoms with Crippen molar-refractivity contribution < 1.29 is 19.1 Å². The van der Waals surface area contributed by atoms with Crippen LogP contribution in [0.1, 0.15) is 36.5 Å². The van der Waals surface area contributed by atoms with E-state index in [0.717, 1.165) is 25.8 Å². The van der Waals surface area contributed by atoms with Gasteiger partial charge in [0.15, 0.2) is 18.1 Å². The number of carbonyl (C=O) groups is 2. The van der Waals surface area contributed by atoms with Crippen molar-refractivity contribution in [2.75, 3.05) is 20.3 Å². The van der Waals surface area contributed by atoms with Crippen LogP contribution >= 0.6 is 11.6 Å². The van der Waals surface area contributed by atoms with Crippen LogP contribution < -0.4 is 15.2 Å². The van der Waals surface area contributed by atoms with Crippen molar-refractivity contribution in [2.24, 2.45) is 5.73 Å². The summed E-state index contributed by atoms with van der Waals surface area (Å²) in [6.45, 7) is 2.46. The van der Waals surface area contributed by atoms with Gasteiger partial charge in [0.05, 0.1) is 12.1 Å². The second-order valence-corrected chi connectivity index (χ2v) is 5.99. The van der Waals surface area contributed by atoms with Gasteiger partial charge in [-0.05, 0) is 38.3 Å². The number of benzene rings is 1. The highest BCUT2D eigenvalue weighted by Gasteiger charge is 2.26. The van der Waals surface area contributed by atoms with E-state index in [2.05, 4.69) is 0 Å². The van der Waals surface area contributed by atoms with Crippen LogP contribution in [0.5, 0.6) is 11.5 Å². The van der Waals surface area contributed by atoms with Gasteiger partial charge in [-0.2, -0.15) is 0 Å². The Bertz CT molecular complexity index is 606. The van der Waals surface area contributed by atoms with Gasteiger partial charge >= 0.3 is 0 Å². The molecule has 2 N–H and O–H groups in total. The molecule has 0 spiro atoms. The first kappa shape index (κ1) is 17.4. The fraction of sp³-hybridized carbons (Fsp3) is 0.500. The molecule has 1 aromatic rings. The summed E-state index contributed by atoms with van der Waals surface area (Å²) in [4.78, 5) is 25.4. The first-order valence-corrected chi connectivity index (χ1v) is 7.91. The number of carbonyl (C=O) groups excluding carboxylic acids is 2. The molecule has 1 fully saturated rings. The summed E-state index contributed by atoms with van der Waals surface area (Å²) in [7, 11) is 1.45. The summed E-state index contributed by atoms with van der Waals surface area (Å²) < 4.78 is 10.5. The van der Waals surface area contributed by atoms with Crippen molar-refractivity contribution in [3.8, 4) is 11.5 Å². The molecular weight excluding hydrogens is 320 g/mol. The van der Waals surface area contributed by atoms with E-state index in [0.29, 0.717) is 11.3 Å². The number of nitrogens with two attached hydrogens (primary N) is 1. The lowest BCUT2D eigenvalue weighted by molar-refractivity contribution is -0.119. The highest BCUT2D eigenvalue weighted by molar-refractivity contribution is 6.32. The Morgan fingerprint density at radius 3 is 2.74 bits per heavy atom. The topological polar surface area (TPSA) is 81.9 Å². The van der Waals surface area contributed by atoms with E-state index in [-0.39, 0.29) is 29.3 Å². The van der Waals surface area contributed by atoms with E-state index in [1.807, 2.05) is 11.8 Å². The number of nitrogens with zero attached hydrogens (tertiary/aromatic N) is 1. The van der Waals surface area contributed by atoms with Crippen molar-refractivity contribution in [2.45, 2.75) is 32.2 Å². The molecule has 1 saturated heterocycles. The maximum absolute atomic E-state index is 12.7. The number of halogens is 1. The summed E-state index contributed by atoms with van der Waals surface area (Å²) in [5.41, 5.74) is 5.50. The summed E-state index contributed by atoms with van der Waals surface area (Å²) in [6.07, 6.45) is 3.13. The number of hydrogen-bond acceptors (Lipinski definition) is 4. The Kier molecular flexibility index (Phi) is 5.71. The largest absolute Gasteiger partial charge is 0.493 e. The molecule has 0 saturated carbocycles. The number of methoxy groups -OCH3 is 1. The van der Waals surface area contributed by atoms with Gasteiger partial charge in [-0.15, -0.1) is 0 Å². The molecule has 0 aromatic heterocycles. The van der Waals surface area contributed by atoms with E-state index in [4.69, 9.17) is 26.8 Å². The zero-order valence-corrected chi connectivity index (χ0v) is 14.1. The summed E-state index contributed by atoms with van der Waals surface area (Å²) in [6, 6.07) is 3.31. The smallest absolute Gasteiger partial charge is 0.255 e. The van der Waals surface area contributed by atoms with Gasteiger partial charge < -0.3 is 20.1 Å². The summed E-state index contributed by atoms with van der Waals surface area (Å²) in [5, 5.41) is 0.207. The molecule has 23 heavy (non-hydrogen) atoms. The highest BCUT2D eigenvalue weighted by Crippen LogP contribution is 2.37. The monoisotopic (exact) mass is 340 g/mol. The molecular formula is C16H21ClN2O4. The fourth-order valence-electron chi connectivity index (χ4n) is 2.69. The number of primary amides is 1. The molecule has 126 valence electrons. The third kappa shape index (κ3) is 4.07. The Morgan fingerprint density at radius 2 is 2.13 bits per heavy atom. The molecule has 7 heteroatoms. The molecule has 2 amide bonds. The van der Waals surface area contributed by atoms with Gasteiger partial charge in [0.1, 0.15) is 0 Å². The highest BCUT2D eigenvalue weighted by atomic mass is 35.5. The molecule has 0 bridgehead atoms. The second-order valence-electron chi connectivity index (χ2n) is 5.59. The van der Waals surface area contributed by atoms with Crippen molar-refractivity contribution in [3.63, 3.8) is 0 Å². The molecule has 0 aliphatic carbocycles. The molecule has 1 atom stereocenters. The minimum Gasteiger partial charge on any atom is -0.493 e. The van der Waals surface area contributed by atoms with E-state index >= 15 is 0 Å². The fourth-order valence-corrected chi connectivity index (χ4v) is 2.96. The normalized spacial score (nSPS) is 17.7. The number of amides is 2. The number of likely N-dealkylation sites (tertiary alicyclic amines) is 1. The van der Waals surface area contributed by atoms with Crippen LogP contribution in [-0.2, 0) is 4.79 Å². The predicted octanol–water partition coefficient (Wildman–Crippen LogP) is 2.23. The lowest BCUT2D eigenvalue weighted by Gasteiger charge is -2.33. The average Bonchev–Trinajstić information content (AvgIpc) is 2.52. The first-order valence-electron chi connectivity index (χ1n) is 7.53. The zero-order valence-electron chi connectivity index (χ0n) is 13.3. The van der Waals surface area contributed by atoms with Gasteiger partial charge in [0.25, 0.3) is 11.8 Å². The summed E-state index contributed by atoms with van der Waals surface area (Å²) >= 11 is 6.19. The first-order chi connectivity index (χ1) is 10.9. The Morgan fingerprint density at radius 1 is 1.39 bits per heavy atom. The SMILES string of the molecule is COc1cc(C(=O)N2CCCCC2C)cc(Cl)c1OCC(N)=O. The number of rotatable bonds is 5.